The SMILES string of the molecule is Cc1ccccc1CN(C(=O)C1N(C(=O)[C@H](O)[C@H](O)C(=O)O)C[C@@H]2C#CC[C@]1(c1ccc(CCCOc3c(F)ccc(F)c3F)cc1)N2)C1CC1. The lowest BCUT2D eigenvalue weighted by Crippen LogP contribution is -2.74. The number of nitrogens with zero attached hydrogens (tertiary/aromatic N) is 2. The highest BCUT2D eigenvalue weighted by atomic mass is 19.2. The van der Waals surface area contributed by atoms with Gasteiger partial charge in [0.1, 0.15) is 6.04 Å². The van der Waals surface area contributed by atoms with Gasteiger partial charge in [0.15, 0.2) is 29.6 Å². The Morgan fingerprint density at radius 3 is 2.41 bits per heavy atom. The molecule has 2 aliphatic heterocycles. The second-order valence-electron chi connectivity index (χ2n) is 13.2. The molecule has 268 valence electrons. The van der Waals surface area contributed by atoms with Crippen LogP contribution in [-0.2, 0) is 32.9 Å². The van der Waals surface area contributed by atoms with Crippen LogP contribution in [0.3, 0.4) is 0 Å². The molecule has 0 spiro atoms. The lowest BCUT2D eigenvalue weighted by atomic mass is 9.73. The highest BCUT2D eigenvalue weighted by Gasteiger charge is 2.57. The first-order valence-corrected chi connectivity index (χ1v) is 16.8. The maximum atomic E-state index is 14.9. The molecule has 2 bridgehead atoms. The third-order valence-electron chi connectivity index (χ3n) is 9.76. The number of carboxylic acid groups (broad SMARTS) is 1. The number of hydrogen-bond donors (Lipinski definition) is 4. The van der Waals surface area contributed by atoms with E-state index in [1.165, 1.54) is 0 Å². The van der Waals surface area contributed by atoms with Crippen molar-refractivity contribution in [2.45, 2.75) is 81.4 Å². The molecule has 3 aromatic carbocycles. The van der Waals surface area contributed by atoms with Gasteiger partial charge in [-0.05, 0) is 67.0 Å². The van der Waals surface area contributed by atoms with Gasteiger partial charge in [-0.15, -0.1) is 0 Å². The summed E-state index contributed by atoms with van der Waals surface area (Å²) in [7, 11) is 0. The first kappa shape index (κ1) is 35.9. The van der Waals surface area contributed by atoms with Crippen LogP contribution in [0.15, 0.2) is 60.7 Å². The van der Waals surface area contributed by atoms with E-state index in [1.54, 1.807) is 17.0 Å². The van der Waals surface area contributed by atoms with Crippen LogP contribution in [0.4, 0.5) is 13.2 Å². The number of fused-ring (bicyclic) bond motifs is 2. The van der Waals surface area contributed by atoms with Gasteiger partial charge in [-0.3, -0.25) is 14.9 Å². The highest BCUT2D eigenvalue weighted by molar-refractivity contribution is 5.94. The number of benzene rings is 3. The van der Waals surface area contributed by atoms with Crippen LogP contribution in [0.2, 0.25) is 0 Å². The summed E-state index contributed by atoms with van der Waals surface area (Å²) in [4.78, 5) is 43.3. The summed E-state index contributed by atoms with van der Waals surface area (Å²) >= 11 is 0. The molecule has 0 radical (unpaired) electrons. The third-order valence-corrected chi connectivity index (χ3v) is 9.76. The minimum absolute atomic E-state index is 0.0855. The van der Waals surface area contributed by atoms with E-state index in [9.17, 15) is 42.9 Å². The van der Waals surface area contributed by atoms with E-state index < -0.39 is 70.8 Å². The molecule has 2 fully saturated rings. The Kier molecular flexibility index (Phi) is 10.4. The minimum atomic E-state index is -2.41. The van der Waals surface area contributed by atoms with Gasteiger partial charge in [0.2, 0.25) is 11.7 Å². The number of halogens is 3. The fourth-order valence-corrected chi connectivity index (χ4v) is 6.85. The molecule has 10 nitrogen and oxygen atoms in total. The number of aliphatic carboxylic acids is 1. The first-order chi connectivity index (χ1) is 24.4. The molecule has 1 aliphatic carbocycles. The van der Waals surface area contributed by atoms with Gasteiger partial charge in [-0.25, -0.2) is 13.6 Å². The number of carboxylic acids is 1. The van der Waals surface area contributed by atoms with E-state index >= 15 is 0 Å². The molecule has 1 saturated carbocycles. The van der Waals surface area contributed by atoms with Crippen molar-refractivity contribution in [3.8, 4) is 17.6 Å². The third kappa shape index (κ3) is 7.30. The van der Waals surface area contributed by atoms with Crippen LogP contribution in [0.25, 0.3) is 0 Å². The molecular weight excluding hydrogens is 667 g/mol. The maximum Gasteiger partial charge on any atom is 0.335 e. The summed E-state index contributed by atoms with van der Waals surface area (Å²) < 4.78 is 46.7. The largest absolute Gasteiger partial charge is 0.488 e. The molecule has 2 amide bonds. The number of aryl methyl sites for hydroxylation is 2. The monoisotopic (exact) mass is 705 g/mol. The van der Waals surface area contributed by atoms with Crippen molar-refractivity contribution in [2.75, 3.05) is 13.2 Å². The lowest BCUT2D eigenvalue weighted by molar-refractivity contribution is -0.169. The van der Waals surface area contributed by atoms with Crippen molar-refractivity contribution in [2.24, 2.45) is 0 Å². The van der Waals surface area contributed by atoms with Gasteiger partial charge < -0.3 is 29.9 Å². The number of nitrogens with one attached hydrogen (secondary N) is 1. The normalized spacial score (nSPS) is 22.0. The van der Waals surface area contributed by atoms with E-state index in [1.807, 2.05) is 43.3 Å². The van der Waals surface area contributed by atoms with Crippen molar-refractivity contribution in [3.05, 3.63) is 100 Å². The molecule has 1 unspecified atom stereocenters. The second-order valence-corrected chi connectivity index (χ2v) is 13.2. The molecule has 4 N–H and O–H groups in total. The lowest BCUT2D eigenvalue weighted by Gasteiger charge is -2.54. The fourth-order valence-electron chi connectivity index (χ4n) is 6.85. The van der Waals surface area contributed by atoms with E-state index in [4.69, 9.17) is 4.74 Å². The Balaban J connectivity index is 1.30. The maximum absolute atomic E-state index is 14.9. The van der Waals surface area contributed by atoms with Crippen LogP contribution in [0.1, 0.15) is 47.9 Å². The van der Waals surface area contributed by atoms with Gasteiger partial charge in [-0.1, -0.05) is 60.4 Å². The Morgan fingerprint density at radius 2 is 1.73 bits per heavy atom. The van der Waals surface area contributed by atoms with Crippen LogP contribution in [0.5, 0.6) is 5.75 Å². The van der Waals surface area contributed by atoms with E-state index in [0.29, 0.717) is 24.5 Å². The number of hydrogen-bond acceptors (Lipinski definition) is 7. The van der Waals surface area contributed by atoms with Crippen molar-refractivity contribution in [1.82, 2.24) is 15.1 Å². The molecule has 6 rings (SSSR count). The molecule has 13 heteroatoms. The van der Waals surface area contributed by atoms with Crippen LogP contribution in [-0.4, -0.2) is 86.4 Å². The summed E-state index contributed by atoms with van der Waals surface area (Å²) in [6.45, 7) is 1.99. The van der Waals surface area contributed by atoms with Gasteiger partial charge >= 0.3 is 5.97 Å². The summed E-state index contributed by atoms with van der Waals surface area (Å²) in [6.07, 6.45) is -2.34. The molecule has 51 heavy (non-hydrogen) atoms. The molecule has 5 atom stereocenters. The predicted octanol–water partition coefficient (Wildman–Crippen LogP) is 3.19. The zero-order valence-corrected chi connectivity index (χ0v) is 27.8. The Labute approximate surface area is 292 Å². The summed E-state index contributed by atoms with van der Waals surface area (Å²) in [5.74, 6) is -1.51. The number of aliphatic hydroxyl groups is 2. The first-order valence-electron chi connectivity index (χ1n) is 16.8. The number of ether oxygens (including phenoxy) is 1. The molecular formula is C38H38F3N3O7. The van der Waals surface area contributed by atoms with E-state index in [2.05, 4.69) is 17.2 Å². The van der Waals surface area contributed by atoms with E-state index in [-0.39, 0.29) is 32.2 Å². The fraction of sp³-hybridized carbons (Fsp3) is 0.395. The molecule has 3 aliphatic rings. The number of carbonyl (C=O) groups excluding carboxylic acids is 2. The van der Waals surface area contributed by atoms with Crippen LogP contribution < -0.4 is 10.1 Å². The van der Waals surface area contributed by atoms with Crippen LogP contribution >= 0.6 is 0 Å². The standard InChI is InChI=1S/C38H38F3N3O7/c1-22-6-2-3-8-24(22)20-43(27-14-15-27)36(48)34-38(18-4-9-26(42-38)21-44(34)35(47)31(45)32(46)37(49)50)25-12-10-23(11-13-25)7-5-19-51-33-29(40)17-16-28(39)30(33)41/h2-3,6,8,10-13,16-17,26-27,31-32,34,42,45-46H,5,7,14-15,18-21H2,1H3,(H,49,50)/t26-,31+,32-,34?,38+/m0/s1. The number of rotatable bonds is 13. The Hall–Kier alpha value is -4.90. The Morgan fingerprint density at radius 1 is 1.02 bits per heavy atom. The number of amides is 2. The van der Waals surface area contributed by atoms with Crippen molar-refractivity contribution in [3.63, 3.8) is 0 Å². The zero-order valence-electron chi connectivity index (χ0n) is 27.8. The summed E-state index contributed by atoms with van der Waals surface area (Å²) in [5.41, 5.74) is 2.06. The number of piperazine rings is 1. The van der Waals surface area contributed by atoms with Crippen molar-refractivity contribution in [1.29, 1.82) is 0 Å². The summed E-state index contributed by atoms with van der Waals surface area (Å²) in [5, 5.41) is 33.8. The van der Waals surface area contributed by atoms with Gasteiger partial charge in [-0.2, -0.15) is 4.39 Å². The van der Waals surface area contributed by atoms with Crippen molar-refractivity contribution >= 4 is 17.8 Å². The molecule has 0 aromatic heterocycles. The Bertz CT molecular complexity index is 1880. The zero-order chi connectivity index (χ0) is 36.4. The van der Waals surface area contributed by atoms with Crippen LogP contribution in [0, 0.1) is 36.2 Å². The average molecular weight is 706 g/mol. The predicted molar refractivity (Wildman–Crippen MR) is 177 cm³/mol. The van der Waals surface area contributed by atoms with Gasteiger partial charge in [0.05, 0.1) is 18.2 Å². The molecule has 3 aromatic rings. The summed E-state index contributed by atoms with van der Waals surface area (Å²) in [6, 6.07) is 14.3. The second kappa shape index (κ2) is 14.8. The molecule has 2 heterocycles. The average Bonchev–Trinajstić information content (AvgIpc) is 3.97. The smallest absolute Gasteiger partial charge is 0.335 e. The highest BCUT2D eigenvalue weighted by Crippen LogP contribution is 2.41. The quantitative estimate of drug-likeness (QED) is 0.121. The van der Waals surface area contributed by atoms with Gasteiger partial charge in [0, 0.05) is 25.6 Å². The number of carbonyl (C=O) groups is 3. The van der Waals surface area contributed by atoms with Gasteiger partial charge in [0.25, 0.3) is 5.91 Å². The topological polar surface area (TPSA) is 140 Å². The number of aliphatic hydroxyl groups excluding tert-OH is 2. The van der Waals surface area contributed by atoms with Crippen molar-refractivity contribution < 1.29 is 47.6 Å². The molecule has 1 saturated heterocycles. The van der Waals surface area contributed by atoms with E-state index in [0.717, 1.165) is 40.5 Å². The minimum Gasteiger partial charge on any atom is -0.488 e.